The van der Waals surface area contributed by atoms with Crippen molar-refractivity contribution in [1.29, 1.82) is 0 Å². The highest BCUT2D eigenvalue weighted by molar-refractivity contribution is 6.01. The summed E-state index contributed by atoms with van der Waals surface area (Å²) < 4.78 is 30.5. The first kappa shape index (κ1) is 24.2. The zero-order chi connectivity index (χ0) is 25.7. The van der Waals surface area contributed by atoms with Crippen LogP contribution in [0, 0.1) is 22.7 Å². The van der Waals surface area contributed by atoms with Crippen LogP contribution in [0.3, 0.4) is 0 Å². The van der Waals surface area contributed by atoms with Crippen molar-refractivity contribution < 1.29 is 33.7 Å². The van der Waals surface area contributed by atoms with Crippen molar-refractivity contribution in [3.63, 3.8) is 0 Å². The molecule has 2 N–H and O–H groups in total. The van der Waals surface area contributed by atoms with Crippen molar-refractivity contribution in [2.75, 3.05) is 6.61 Å². The zero-order valence-electron chi connectivity index (χ0n) is 20.9. The summed E-state index contributed by atoms with van der Waals surface area (Å²) in [7, 11) is 0. The van der Waals surface area contributed by atoms with E-state index in [1.807, 2.05) is 37.3 Å². The number of fused-ring (bicyclic) bond motifs is 7. The third-order valence-electron chi connectivity index (χ3n) is 10.4. The van der Waals surface area contributed by atoms with Gasteiger partial charge < -0.3 is 19.7 Å². The van der Waals surface area contributed by atoms with Crippen LogP contribution in [0.15, 0.2) is 54.1 Å². The van der Waals surface area contributed by atoms with E-state index in [2.05, 4.69) is 0 Å². The predicted octanol–water partition coefficient (Wildman–Crippen LogP) is 3.56. The Morgan fingerprint density at radius 3 is 2.58 bits per heavy atom. The Hall–Kier alpha value is -2.19. The van der Waals surface area contributed by atoms with Crippen LogP contribution in [0.5, 0.6) is 0 Å². The average Bonchev–Trinajstić information content (AvgIpc) is 3.29. The minimum atomic E-state index is -2.01. The number of carbonyl (C=O) groups excluding carboxylic acids is 2. The zero-order valence-corrected chi connectivity index (χ0v) is 20.9. The number of hydrogen-bond acceptors (Lipinski definition) is 6. The normalized spacial score (nSPS) is 49.1. The number of hydrogen-bond donors (Lipinski definition) is 2. The second-order valence-corrected chi connectivity index (χ2v) is 11.8. The van der Waals surface area contributed by atoms with Gasteiger partial charge in [0, 0.05) is 22.3 Å². The second-order valence-electron chi connectivity index (χ2n) is 11.8. The van der Waals surface area contributed by atoms with E-state index >= 15 is 4.39 Å². The Labute approximate surface area is 210 Å². The molecule has 192 valence electrons. The number of aliphatic hydroxyl groups excluding tert-OH is 2. The number of carbonyl (C=O) groups is 2. The van der Waals surface area contributed by atoms with Gasteiger partial charge in [0.2, 0.25) is 0 Å². The highest BCUT2D eigenvalue weighted by Gasteiger charge is 2.80. The van der Waals surface area contributed by atoms with Crippen LogP contribution in [-0.2, 0) is 24.8 Å². The van der Waals surface area contributed by atoms with Crippen LogP contribution in [-0.4, -0.2) is 51.9 Å². The summed E-state index contributed by atoms with van der Waals surface area (Å²) in [5, 5.41) is 21.7. The molecule has 4 fully saturated rings. The summed E-state index contributed by atoms with van der Waals surface area (Å²) in [5.74, 6) is -2.78. The predicted molar refractivity (Wildman–Crippen MR) is 128 cm³/mol. The van der Waals surface area contributed by atoms with Crippen molar-refractivity contribution in [2.45, 2.75) is 75.7 Å². The molecule has 1 saturated heterocycles. The fraction of sp³-hybridized carbons (Fsp3) is 0.586. The molecule has 7 heteroatoms. The van der Waals surface area contributed by atoms with Crippen LogP contribution in [0.1, 0.15) is 52.0 Å². The quantitative estimate of drug-likeness (QED) is 0.665. The van der Waals surface area contributed by atoms with Crippen molar-refractivity contribution in [3.8, 4) is 0 Å². The van der Waals surface area contributed by atoms with Crippen molar-refractivity contribution in [3.05, 3.63) is 59.7 Å². The third-order valence-corrected chi connectivity index (χ3v) is 10.4. The Balaban J connectivity index is 1.46. The molecular formula is C29H33FO6. The molecular weight excluding hydrogens is 463 g/mol. The van der Waals surface area contributed by atoms with Gasteiger partial charge in [-0.05, 0) is 57.6 Å². The van der Waals surface area contributed by atoms with Gasteiger partial charge in [0.1, 0.15) is 6.61 Å². The fourth-order valence-corrected chi connectivity index (χ4v) is 8.64. The topological polar surface area (TPSA) is 93.1 Å². The van der Waals surface area contributed by atoms with E-state index in [4.69, 9.17) is 9.47 Å². The molecule has 9 atom stereocenters. The Morgan fingerprint density at radius 1 is 1.17 bits per heavy atom. The largest absolute Gasteiger partial charge is 0.390 e. The number of halogens is 1. The molecule has 0 spiro atoms. The molecule has 1 aliphatic heterocycles. The first-order valence-corrected chi connectivity index (χ1v) is 12.9. The number of alkyl halides is 1. The molecule has 0 bridgehead atoms. The van der Waals surface area contributed by atoms with E-state index in [1.165, 1.54) is 12.2 Å². The summed E-state index contributed by atoms with van der Waals surface area (Å²) >= 11 is 0. The van der Waals surface area contributed by atoms with E-state index in [1.54, 1.807) is 19.9 Å². The number of Topliss-reactive ketones (excluding diaryl/α,β-unsaturated/α-hetero) is 1. The number of ketones is 2. The smallest absolute Gasteiger partial charge is 0.193 e. The molecule has 5 aliphatic rings. The van der Waals surface area contributed by atoms with Gasteiger partial charge in [0.25, 0.3) is 0 Å². The minimum absolute atomic E-state index is 0.0220. The molecule has 1 aromatic carbocycles. The molecule has 0 radical (unpaired) electrons. The minimum Gasteiger partial charge on any atom is -0.390 e. The van der Waals surface area contributed by atoms with Gasteiger partial charge in [0.15, 0.2) is 28.6 Å². The lowest BCUT2D eigenvalue weighted by Crippen LogP contribution is -2.70. The molecule has 6 rings (SSSR count). The highest BCUT2D eigenvalue weighted by Crippen LogP contribution is 2.72. The monoisotopic (exact) mass is 496 g/mol. The van der Waals surface area contributed by atoms with Crippen LogP contribution in [0.25, 0.3) is 0 Å². The van der Waals surface area contributed by atoms with Crippen molar-refractivity contribution >= 4 is 11.6 Å². The van der Waals surface area contributed by atoms with Gasteiger partial charge in [-0.1, -0.05) is 48.9 Å². The molecule has 4 aliphatic carbocycles. The van der Waals surface area contributed by atoms with Gasteiger partial charge in [-0.15, -0.1) is 0 Å². The molecule has 0 amide bonds. The van der Waals surface area contributed by atoms with Gasteiger partial charge in [0.05, 0.1) is 12.2 Å². The van der Waals surface area contributed by atoms with Crippen molar-refractivity contribution in [1.82, 2.24) is 0 Å². The summed E-state index contributed by atoms with van der Waals surface area (Å²) in [6, 6.07) is 9.35. The molecule has 0 aromatic heterocycles. The lowest BCUT2D eigenvalue weighted by Gasteiger charge is -2.62. The van der Waals surface area contributed by atoms with Crippen LogP contribution in [0.2, 0.25) is 0 Å². The van der Waals surface area contributed by atoms with E-state index in [9.17, 15) is 19.8 Å². The highest BCUT2D eigenvalue weighted by atomic mass is 19.1. The van der Waals surface area contributed by atoms with Crippen LogP contribution in [0.4, 0.5) is 4.39 Å². The first-order valence-electron chi connectivity index (χ1n) is 12.9. The molecule has 3 unspecified atom stereocenters. The maximum atomic E-state index is 17.4. The number of rotatable bonds is 3. The first-order chi connectivity index (χ1) is 17.0. The number of aliphatic hydroxyl groups is 2. The third kappa shape index (κ3) is 2.65. The molecule has 1 aromatic rings. The fourth-order valence-electron chi connectivity index (χ4n) is 8.64. The Morgan fingerprint density at radius 2 is 1.89 bits per heavy atom. The summed E-state index contributed by atoms with van der Waals surface area (Å²) in [6.07, 6.45) is 3.77. The number of ether oxygens (including phenoxy) is 2. The van der Waals surface area contributed by atoms with Crippen LogP contribution >= 0.6 is 0 Å². The molecule has 1 heterocycles. The van der Waals surface area contributed by atoms with Gasteiger partial charge in [-0.2, -0.15) is 0 Å². The molecule has 6 nitrogen and oxygen atoms in total. The van der Waals surface area contributed by atoms with E-state index in [-0.39, 0.29) is 18.1 Å². The van der Waals surface area contributed by atoms with Gasteiger partial charge in [-0.25, -0.2) is 4.39 Å². The maximum absolute atomic E-state index is 17.4. The number of allylic oxidation sites excluding steroid dienone is 4. The maximum Gasteiger partial charge on any atom is 0.193 e. The average molecular weight is 497 g/mol. The van der Waals surface area contributed by atoms with E-state index in [0.29, 0.717) is 24.8 Å². The second kappa shape index (κ2) is 7.44. The summed E-state index contributed by atoms with van der Waals surface area (Å²) in [5.41, 5.74) is -4.15. The Kier molecular flexibility index (Phi) is 4.99. The lowest BCUT2D eigenvalue weighted by atomic mass is 9.44. The van der Waals surface area contributed by atoms with Gasteiger partial charge >= 0.3 is 0 Å². The summed E-state index contributed by atoms with van der Waals surface area (Å²) in [6.45, 7) is 4.70. The Bertz CT molecular complexity index is 1200. The van der Waals surface area contributed by atoms with Crippen LogP contribution < -0.4 is 0 Å². The molecule has 36 heavy (non-hydrogen) atoms. The van der Waals surface area contributed by atoms with Crippen molar-refractivity contribution in [2.24, 2.45) is 22.7 Å². The lowest BCUT2D eigenvalue weighted by molar-refractivity contribution is -0.254. The molecule has 3 saturated carbocycles. The standard InChI is InChI=1S/C29H33FO6/c1-25-12-11-19(32)13-18(25)9-10-20-21-14-24-29(23(34)16-31,26(21,2)15-22(33)28(20,25)30)36-27(3,35-24)17-7-5-4-6-8-17/h4-8,11-13,20-22,24,31,33H,9-10,14-16H2,1-3H3/t20?,21-,22-,24+,25?,26?,27+,28-,29+/m0/s1. The van der Waals surface area contributed by atoms with Gasteiger partial charge in [-0.3, -0.25) is 9.59 Å². The SMILES string of the molecule is CC12C[C@H](O)[C@@]3(F)C(CCC4=CC(=O)C=CC43C)[C@@H]1C[C@H]1O[C@@](C)(c3ccccc3)O[C@]12C(=O)CO. The van der Waals surface area contributed by atoms with E-state index < -0.39 is 58.4 Å². The summed E-state index contributed by atoms with van der Waals surface area (Å²) in [4.78, 5) is 25.6. The van der Waals surface area contributed by atoms with E-state index in [0.717, 1.165) is 5.56 Å². The number of benzene rings is 1.